The molecule has 42 heavy (non-hydrogen) atoms. The van der Waals surface area contributed by atoms with Gasteiger partial charge in [0.25, 0.3) is 0 Å². The van der Waals surface area contributed by atoms with Gasteiger partial charge in [-0.3, -0.25) is 14.4 Å². The zero-order valence-corrected chi connectivity index (χ0v) is 23.5. The fraction of sp³-hybridized carbons (Fsp3) is 0.448. The van der Waals surface area contributed by atoms with Crippen molar-refractivity contribution in [1.29, 1.82) is 0 Å². The summed E-state index contributed by atoms with van der Waals surface area (Å²) in [7, 11) is 0. The number of carboxylic acids is 1. The average Bonchev–Trinajstić information content (AvgIpc) is 2.95. The summed E-state index contributed by atoms with van der Waals surface area (Å²) in [6, 6.07) is 4.19. The molecule has 1 heterocycles. The lowest BCUT2D eigenvalue weighted by Crippen LogP contribution is -2.59. The Bertz CT molecular complexity index is 1320. The van der Waals surface area contributed by atoms with Gasteiger partial charge in [0.05, 0.1) is 12.1 Å². The summed E-state index contributed by atoms with van der Waals surface area (Å²) in [6.07, 6.45) is -1.36. The molecule has 13 heteroatoms. The molecule has 3 rings (SSSR count). The van der Waals surface area contributed by atoms with E-state index in [9.17, 15) is 39.6 Å². The van der Waals surface area contributed by atoms with Crippen molar-refractivity contribution < 1.29 is 39.6 Å². The van der Waals surface area contributed by atoms with Crippen LogP contribution >= 0.6 is 0 Å². The number of benzene rings is 2. The minimum atomic E-state index is -1.38. The van der Waals surface area contributed by atoms with Crippen LogP contribution < -0.4 is 27.4 Å². The summed E-state index contributed by atoms with van der Waals surface area (Å²) in [6.45, 7) is 3.22. The van der Waals surface area contributed by atoms with E-state index < -0.39 is 59.9 Å². The van der Waals surface area contributed by atoms with Gasteiger partial charge in [0.15, 0.2) is 0 Å². The molecule has 1 unspecified atom stereocenters. The van der Waals surface area contributed by atoms with Crippen molar-refractivity contribution in [3.8, 4) is 22.6 Å². The lowest BCUT2D eigenvalue weighted by molar-refractivity contribution is -0.143. The summed E-state index contributed by atoms with van der Waals surface area (Å²) in [4.78, 5) is 51.9. The van der Waals surface area contributed by atoms with Crippen LogP contribution in [-0.4, -0.2) is 80.9 Å². The molecule has 1 aliphatic rings. The van der Waals surface area contributed by atoms with Crippen LogP contribution in [-0.2, 0) is 32.0 Å². The minimum Gasteiger partial charge on any atom is -0.508 e. The van der Waals surface area contributed by atoms with E-state index in [2.05, 4.69) is 16.0 Å². The topological polar surface area (TPSA) is 237 Å². The Hall–Kier alpha value is -4.20. The molecule has 0 saturated carbocycles. The fourth-order valence-corrected chi connectivity index (χ4v) is 4.70. The maximum atomic E-state index is 13.5. The van der Waals surface area contributed by atoms with Crippen molar-refractivity contribution in [2.24, 2.45) is 17.4 Å². The molecule has 2 aromatic carbocycles. The summed E-state index contributed by atoms with van der Waals surface area (Å²) in [5, 5.41) is 48.5. The number of phenolic OH excluding ortho intramolecular Hbond substituents is 2. The fourth-order valence-electron chi connectivity index (χ4n) is 4.70. The van der Waals surface area contributed by atoms with Gasteiger partial charge in [-0.05, 0) is 52.4 Å². The quantitative estimate of drug-likeness (QED) is 0.192. The first kappa shape index (κ1) is 32.3. The highest BCUT2D eigenvalue weighted by Gasteiger charge is 2.33. The van der Waals surface area contributed by atoms with E-state index in [1.165, 1.54) is 12.1 Å². The third kappa shape index (κ3) is 7.96. The van der Waals surface area contributed by atoms with E-state index in [4.69, 9.17) is 11.5 Å². The molecule has 6 atom stereocenters. The molecule has 13 nitrogen and oxygen atoms in total. The van der Waals surface area contributed by atoms with Crippen molar-refractivity contribution in [3.63, 3.8) is 0 Å². The number of carbonyl (C=O) groups is 4. The van der Waals surface area contributed by atoms with Crippen molar-refractivity contribution in [3.05, 3.63) is 47.5 Å². The number of carbonyl (C=O) groups excluding carboxylic acids is 3. The molecule has 0 radical (unpaired) electrons. The molecular formula is C29H39N5O8. The average molecular weight is 586 g/mol. The van der Waals surface area contributed by atoms with E-state index in [1.54, 1.807) is 38.1 Å². The first-order valence-electron chi connectivity index (χ1n) is 13.8. The molecule has 1 aliphatic heterocycles. The normalized spacial score (nSPS) is 21.5. The smallest absolute Gasteiger partial charge is 0.326 e. The molecule has 11 N–H and O–H groups in total. The molecule has 0 fully saturated rings. The number of fused-ring (bicyclic) bond motifs is 5. The number of hydrogen-bond donors (Lipinski definition) is 9. The maximum absolute atomic E-state index is 13.5. The lowest BCUT2D eigenvalue weighted by atomic mass is 9.95. The number of aromatic hydroxyl groups is 2. The molecule has 0 saturated heterocycles. The van der Waals surface area contributed by atoms with E-state index in [0.717, 1.165) is 0 Å². The van der Waals surface area contributed by atoms with E-state index in [0.29, 0.717) is 23.1 Å². The summed E-state index contributed by atoms with van der Waals surface area (Å²) in [5.74, 6) is -4.37. The predicted molar refractivity (Wildman–Crippen MR) is 153 cm³/mol. The third-order valence-corrected chi connectivity index (χ3v) is 7.52. The second-order valence-electron chi connectivity index (χ2n) is 10.7. The number of nitrogens with one attached hydrogen (secondary N) is 3. The van der Waals surface area contributed by atoms with Crippen LogP contribution in [0.2, 0.25) is 0 Å². The summed E-state index contributed by atoms with van der Waals surface area (Å²) >= 11 is 0. The number of aliphatic hydroxyl groups is 1. The zero-order valence-electron chi connectivity index (χ0n) is 23.5. The Morgan fingerprint density at radius 3 is 2.10 bits per heavy atom. The Morgan fingerprint density at radius 1 is 1.00 bits per heavy atom. The highest BCUT2D eigenvalue weighted by molar-refractivity contribution is 5.94. The second-order valence-corrected chi connectivity index (χ2v) is 10.7. The second kappa shape index (κ2) is 14.1. The van der Waals surface area contributed by atoms with Crippen LogP contribution in [0, 0.1) is 5.92 Å². The molecule has 0 spiro atoms. The number of nitrogens with two attached hydrogens (primary N) is 2. The van der Waals surface area contributed by atoms with Gasteiger partial charge in [0.2, 0.25) is 17.7 Å². The molecular weight excluding hydrogens is 546 g/mol. The molecule has 4 bridgehead atoms. The SMILES string of the molecule is CC[C@@H](C)C(NC(=O)[C@@H]1Cc2cc(ccc2O)-c2ccc(O)c(c2)C[C@H](N)C(=O)N[C@@H](C[C@@H](O)CN)C(=O)N1)C(=O)O. The number of aliphatic hydroxyl groups excluding tert-OH is 1. The summed E-state index contributed by atoms with van der Waals surface area (Å²) in [5.41, 5.74) is 13.5. The van der Waals surface area contributed by atoms with Crippen LogP contribution in [0.5, 0.6) is 11.5 Å². The zero-order chi connectivity index (χ0) is 31.1. The van der Waals surface area contributed by atoms with Gasteiger partial charge < -0.3 is 47.8 Å². The highest BCUT2D eigenvalue weighted by Crippen LogP contribution is 2.31. The summed E-state index contributed by atoms with van der Waals surface area (Å²) < 4.78 is 0. The van der Waals surface area contributed by atoms with Crippen molar-refractivity contribution >= 4 is 23.7 Å². The van der Waals surface area contributed by atoms with Gasteiger partial charge in [0.1, 0.15) is 29.6 Å². The Kier molecular flexibility index (Phi) is 10.9. The number of aliphatic carboxylic acids is 1. The van der Waals surface area contributed by atoms with Crippen LogP contribution in [0.3, 0.4) is 0 Å². The minimum absolute atomic E-state index is 0.0819. The Morgan fingerprint density at radius 2 is 1.57 bits per heavy atom. The van der Waals surface area contributed by atoms with Crippen LogP contribution in [0.1, 0.15) is 37.8 Å². The third-order valence-electron chi connectivity index (χ3n) is 7.52. The number of hydrogen-bond acceptors (Lipinski definition) is 9. The monoisotopic (exact) mass is 585 g/mol. The van der Waals surface area contributed by atoms with Crippen LogP contribution in [0.4, 0.5) is 0 Å². The van der Waals surface area contributed by atoms with E-state index in [-0.39, 0.29) is 42.9 Å². The molecule has 0 aliphatic carbocycles. The van der Waals surface area contributed by atoms with Crippen molar-refractivity contribution in [2.75, 3.05) is 6.54 Å². The number of rotatable bonds is 8. The van der Waals surface area contributed by atoms with Crippen molar-refractivity contribution in [1.82, 2.24) is 16.0 Å². The first-order valence-corrected chi connectivity index (χ1v) is 13.8. The van der Waals surface area contributed by atoms with Gasteiger partial charge >= 0.3 is 5.97 Å². The highest BCUT2D eigenvalue weighted by atomic mass is 16.4. The van der Waals surface area contributed by atoms with Gasteiger partial charge in [-0.2, -0.15) is 0 Å². The molecule has 0 aromatic heterocycles. The van der Waals surface area contributed by atoms with Crippen LogP contribution in [0.15, 0.2) is 36.4 Å². The van der Waals surface area contributed by atoms with Gasteiger partial charge in [-0.15, -0.1) is 0 Å². The molecule has 228 valence electrons. The molecule has 3 amide bonds. The van der Waals surface area contributed by atoms with Gasteiger partial charge in [-0.1, -0.05) is 32.4 Å². The maximum Gasteiger partial charge on any atom is 0.326 e. The first-order chi connectivity index (χ1) is 19.8. The van der Waals surface area contributed by atoms with E-state index in [1.807, 2.05) is 0 Å². The standard InChI is InChI=1S/C29H39N5O8/c1-3-14(2)25(29(41)42)34-28(40)21-11-18-9-16(5-7-24(18)37)15-4-6-23(36)17(8-15)10-20(31)26(38)32-22(27(39)33-21)12-19(35)13-30/h4-9,14,19-22,25,35-37H,3,10-13,30-31H2,1-2H3,(H,32,38)(H,33,39)(H,34,40)(H,41,42)/t14-,19-,20+,21+,22+,25?/m1/s1. The number of phenols is 2. The number of amides is 3. The Labute approximate surface area is 243 Å². The number of carboxylic acid groups (broad SMARTS) is 1. The predicted octanol–water partition coefficient (Wildman–Crippen LogP) is -0.514. The van der Waals surface area contributed by atoms with Crippen molar-refractivity contribution in [2.45, 2.75) is 69.8 Å². The van der Waals surface area contributed by atoms with E-state index >= 15 is 0 Å². The van der Waals surface area contributed by atoms with Gasteiger partial charge in [0, 0.05) is 25.8 Å². The largest absolute Gasteiger partial charge is 0.508 e. The van der Waals surface area contributed by atoms with Gasteiger partial charge in [-0.25, -0.2) is 4.79 Å². The Balaban J connectivity index is 2.12. The molecule has 2 aromatic rings. The lowest BCUT2D eigenvalue weighted by Gasteiger charge is -2.27. The van der Waals surface area contributed by atoms with Crippen LogP contribution in [0.25, 0.3) is 11.1 Å².